The van der Waals surface area contributed by atoms with Gasteiger partial charge < -0.3 is 5.32 Å². The Morgan fingerprint density at radius 3 is 3.00 bits per heavy atom. The van der Waals surface area contributed by atoms with Gasteiger partial charge in [-0.25, -0.2) is 4.98 Å². The van der Waals surface area contributed by atoms with E-state index in [0.29, 0.717) is 6.04 Å². The molecule has 4 nitrogen and oxygen atoms in total. The Morgan fingerprint density at radius 1 is 1.42 bits per heavy atom. The molecule has 0 radical (unpaired) electrons. The summed E-state index contributed by atoms with van der Waals surface area (Å²) in [5, 5.41) is 9.25. The predicted octanol–water partition coefficient (Wildman–Crippen LogP) is 2.55. The lowest BCUT2D eigenvalue weighted by molar-refractivity contribution is 0.426. The van der Waals surface area contributed by atoms with Gasteiger partial charge in [-0.15, -0.1) is 0 Å². The van der Waals surface area contributed by atoms with E-state index in [0.717, 1.165) is 23.8 Å². The molecule has 1 aliphatic rings. The molecule has 2 unspecified atom stereocenters. The second-order valence-corrected chi connectivity index (χ2v) is 5.82. The van der Waals surface area contributed by atoms with Crippen LogP contribution in [0.5, 0.6) is 0 Å². The van der Waals surface area contributed by atoms with Crippen LogP contribution in [0.3, 0.4) is 0 Å². The van der Waals surface area contributed by atoms with Crippen LogP contribution in [0.15, 0.2) is 12.3 Å². The first-order chi connectivity index (χ1) is 9.15. The number of nitrogens with one attached hydrogen (secondary N) is 1. The number of hydrogen-bond donors (Lipinski definition) is 1. The molecule has 0 bridgehead atoms. The molecule has 0 amide bonds. The van der Waals surface area contributed by atoms with Crippen molar-refractivity contribution in [3.63, 3.8) is 0 Å². The molecule has 1 N–H and O–H groups in total. The molecule has 0 aliphatic heterocycles. The van der Waals surface area contributed by atoms with Gasteiger partial charge in [0.2, 0.25) is 0 Å². The van der Waals surface area contributed by atoms with Gasteiger partial charge in [-0.2, -0.15) is 5.10 Å². The highest BCUT2D eigenvalue weighted by Gasteiger charge is 2.22. The molecule has 0 spiro atoms. The minimum atomic E-state index is 0.672. The maximum atomic E-state index is 4.53. The molecule has 1 fully saturated rings. The summed E-state index contributed by atoms with van der Waals surface area (Å²) in [6, 6.07) is 2.89. The van der Waals surface area contributed by atoms with E-state index in [4.69, 9.17) is 0 Å². The van der Waals surface area contributed by atoms with Crippen molar-refractivity contribution in [3.05, 3.63) is 23.5 Å². The molecular weight excluding hydrogens is 236 g/mol. The van der Waals surface area contributed by atoms with Crippen LogP contribution in [-0.2, 0) is 13.6 Å². The molecule has 3 rings (SSSR count). The average Bonchev–Trinajstić information content (AvgIpc) is 2.92. The fourth-order valence-electron chi connectivity index (χ4n) is 3.15. The van der Waals surface area contributed by atoms with Crippen molar-refractivity contribution in [2.24, 2.45) is 13.0 Å². The van der Waals surface area contributed by atoms with Gasteiger partial charge in [0.05, 0.1) is 5.69 Å². The zero-order chi connectivity index (χ0) is 13.4. The lowest BCUT2D eigenvalue weighted by Crippen LogP contribution is -2.30. The third kappa shape index (κ3) is 2.37. The fourth-order valence-corrected chi connectivity index (χ4v) is 3.15. The third-order valence-electron chi connectivity index (χ3n) is 4.35. The van der Waals surface area contributed by atoms with E-state index < -0.39 is 0 Å². The molecule has 102 valence electrons. The van der Waals surface area contributed by atoms with Crippen molar-refractivity contribution in [2.75, 3.05) is 0 Å². The van der Waals surface area contributed by atoms with Crippen LogP contribution in [0.25, 0.3) is 11.0 Å². The van der Waals surface area contributed by atoms with E-state index in [1.54, 1.807) is 0 Å². The van der Waals surface area contributed by atoms with E-state index in [1.807, 2.05) is 24.9 Å². The standard InChI is InChI=1S/C15H22N4/c1-10-5-4-6-14(10)16-8-12-7-13-11(2)18-19(3)15(13)17-9-12/h7,9-10,14,16H,4-6,8H2,1-3H3. The van der Waals surface area contributed by atoms with Crippen LogP contribution in [0.2, 0.25) is 0 Å². The number of fused-ring (bicyclic) bond motifs is 1. The Labute approximate surface area is 114 Å². The van der Waals surface area contributed by atoms with Crippen LogP contribution in [0, 0.1) is 12.8 Å². The van der Waals surface area contributed by atoms with Gasteiger partial charge in [-0.1, -0.05) is 13.3 Å². The summed E-state index contributed by atoms with van der Waals surface area (Å²) in [4.78, 5) is 4.53. The molecule has 4 heteroatoms. The zero-order valence-corrected chi connectivity index (χ0v) is 12.0. The first-order valence-corrected chi connectivity index (χ1v) is 7.17. The summed E-state index contributed by atoms with van der Waals surface area (Å²) in [6.07, 6.45) is 5.99. The summed E-state index contributed by atoms with van der Waals surface area (Å²) in [5.41, 5.74) is 3.28. The third-order valence-corrected chi connectivity index (χ3v) is 4.35. The SMILES string of the molecule is Cc1nn(C)c2ncc(CNC3CCCC3C)cc12. The molecule has 2 aromatic rings. The average molecular weight is 258 g/mol. The smallest absolute Gasteiger partial charge is 0.157 e. The minimum absolute atomic E-state index is 0.672. The van der Waals surface area contributed by atoms with Crippen molar-refractivity contribution in [2.45, 2.75) is 45.7 Å². The summed E-state index contributed by atoms with van der Waals surface area (Å²) < 4.78 is 1.85. The quantitative estimate of drug-likeness (QED) is 0.920. The molecular formula is C15H22N4. The number of nitrogens with zero attached hydrogens (tertiary/aromatic N) is 3. The van der Waals surface area contributed by atoms with Crippen LogP contribution >= 0.6 is 0 Å². The number of hydrogen-bond acceptors (Lipinski definition) is 3. The monoisotopic (exact) mass is 258 g/mol. The second kappa shape index (κ2) is 4.93. The Morgan fingerprint density at radius 2 is 2.26 bits per heavy atom. The first-order valence-electron chi connectivity index (χ1n) is 7.17. The number of rotatable bonds is 3. The molecule has 1 aliphatic carbocycles. The van der Waals surface area contributed by atoms with Crippen molar-refractivity contribution in [1.29, 1.82) is 0 Å². The number of aromatic nitrogens is 3. The van der Waals surface area contributed by atoms with Gasteiger partial charge in [-0.3, -0.25) is 4.68 Å². The lowest BCUT2D eigenvalue weighted by Gasteiger charge is -2.17. The van der Waals surface area contributed by atoms with E-state index in [2.05, 4.69) is 28.4 Å². The molecule has 1 saturated carbocycles. The topological polar surface area (TPSA) is 42.7 Å². The van der Waals surface area contributed by atoms with Gasteiger partial charge in [-0.05, 0) is 37.3 Å². The van der Waals surface area contributed by atoms with Crippen molar-refractivity contribution in [1.82, 2.24) is 20.1 Å². The maximum Gasteiger partial charge on any atom is 0.157 e. The normalized spacial score (nSPS) is 23.3. The Balaban J connectivity index is 1.76. The highest BCUT2D eigenvalue weighted by Crippen LogP contribution is 2.25. The molecule has 0 aromatic carbocycles. The van der Waals surface area contributed by atoms with Crippen molar-refractivity contribution < 1.29 is 0 Å². The predicted molar refractivity (Wildman–Crippen MR) is 76.9 cm³/mol. The first kappa shape index (κ1) is 12.6. The van der Waals surface area contributed by atoms with Gasteiger partial charge in [0, 0.05) is 31.2 Å². The molecule has 2 heterocycles. The second-order valence-electron chi connectivity index (χ2n) is 5.82. The molecule has 19 heavy (non-hydrogen) atoms. The van der Waals surface area contributed by atoms with E-state index in [9.17, 15) is 0 Å². The Bertz CT molecular complexity index is 587. The van der Waals surface area contributed by atoms with Gasteiger partial charge >= 0.3 is 0 Å². The minimum Gasteiger partial charge on any atom is -0.310 e. The maximum absolute atomic E-state index is 4.53. The van der Waals surface area contributed by atoms with E-state index in [1.165, 1.54) is 30.2 Å². The van der Waals surface area contributed by atoms with Crippen LogP contribution in [-0.4, -0.2) is 20.8 Å². The molecule has 2 aromatic heterocycles. The lowest BCUT2D eigenvalue weighted by atomic mass is 10.1. The van der Waals surface area contributed by atoms with Crippen molar-refractivity contribution >= 4 is 11.0 Å². The Hall–Kier alpha value is -1.42. The number of aryl methyl sites for hydroxylation is 2. The largest absolute Gasteiger partial charge is 0.310 e. The highest BCUT2D eigenvalue weighted by molar-refractivity contribution is 5.78. The summed E-state index contributed by atoms with van der Waals surface area (Å²) >= 11 is 0. The van der Waals surface area contributed by atoms with Gasteiger partial charge in [0.1, 0.15) is 0 Å². The zero-order valence-electron chi connectivity index (χ0n) is 12.0. The molecule has 0 saturated heterocycles. The Kier molecular flexibility index (Phi) is 3.27. The summed E-state index contributed by atoms with van der Waals surface area (Å²) in [5.74, 6) is 0.803. The number of pyridine rings is 1. The van der Waals surface area contributed by atoms with Crippen LogP contribution < -0.4 is 5.32 Å². The van der Waals surface area contributed by atoms with Crippen LogP contribution in [0.1, 0.15) is 37.4 Å². The fraction of sp³-hybridized carbons (Fsp3) is 0.600. The van der Waals surface area contributed by atoms with E-state index in [-0.39, 0.29) is 0 Å². The highest BCUT2D eigenvalue weighted by atomic mass is 15.3. The van der Waals surface area contributed by atoms with Gasteiger partial charge in [0.25, 0.3) is 0 Å². The van der Waals surface area contributed by atoms with Gasteiger partial charge in [0.15, 0.2) is 5.65 Å². The van der Waals surface area contributed by atoms with Crippen LogP contribution in [0.4, 0.5) is 0 Å². The van der Waals surface area contributed by atoms with Crippen molar-refractivity contribution in [3.8, 4) is 0 Å². The molecule has 2 atom stereocenters. The summed E-state index contributed by atoms with van der Waals surface area (Å²) in [7, 11) is 1.94. The van der Waals surface area contributed by atoms with E-state index >= 15 is 0 Å². The summed E-state index contributed by atoms with van der Waals surface area (Å²) in [6.45, 7) is 5.30.